The highest BCUT2D eigenvalue weighted by atomic mass is 35.5. The van der Waals surface area contributed by atoms with E-state index in [9.17, 15) is 9.59 Å². The quantitative estimate of drug-likeness (QED) is 0.259. The number of thioether (sulfide) groups is 1. The van der Waals surface area contributed by atoms with Crippen LogP contribution in [0.3, 0.4) is 0 Å². The minimum atomic E-state index is -0.668. The highest BCUT2D eigenvalue weighted by Gasteiger charge is 2.31. The van der Waals surface area contributed by atoms with Crippen LogP contribution in [0.2, 0.25) is 10.0 Å². The predicted octanol–water partition coefficient (Wildman–Crippen LogP) is 7.09. The summed E-state index contributed by atoms with van der Waals surface area (Å²) in [5.41, 5.74) is 4.18. The Morgan fingerprint density at radius 2 is 1.59 bits per heavy atom. The maximum absolute atomic E-state index is 13.7. The number of nitrogens with one attached hydrogen (secondary N) is 1. The molecule has 0 saturated carbocycles. The molecule has 0 spiro atoms. The summed E-state index contributed by atoms with van der Waals surface area (Å²) in [6.45, 7) is 6.31. The molecule has 0 fully saturated rings. The number of carbonyl (C=O) groups is 2. The number of halogens is 2. The van der Waals surface area contributed by atoms with Crippen LogP contribution in [0, 0.1) is 6.92 Å². The molecule has 0 aliphatic heterocycles. The Kier molecular flexibility index (Phi) is 11.4. The van der Waals surface area contributed by atoms with Gasteiger partial charge in [-0.15, -0.1) is 11.8 Å². The summed E-state index contributed by atoms with van der Waals surface area (Å²) >= 11 is 14.0. The smallest absolute Gasteiger partial charge is 0.243 e. The van der Waals surface area contributed by atoms with Gasteiger partial charge in [-0.3, -0.25) is 9.59 Å². The van der Waals surface area contributed by atoms with Crippen LogP contribution in [0.5, 0.6) is 0 Å². The summed E-state index contributed by atoms with van der Waals surface area (Å²) in [5.74, 6) is 0.727. The Hall–Kier alpha value is -2.47. The monoisotopic (exact) mass is 556 g/mol. The van der Waals surface area contributed by atoms with Crippen molar-refractivity contribution in [3.8, 4) is 0 Å². The van der Waals surface area contributed by atoms with Crippen molar-refractivity contribution in [2.45, 2.75) is 58.0 Å². The Balaban J connectivity index is 1.87. The van der Waals surface area contributed by atoms with Crippen LogP contribution in [-0.2, 0) is 28.3 Å². The molecule has 1 N–H and O–H groups in total. The van der Waals surface area contributed by atoms with Gasteiger partial charge in [0.05, 0.1) is 15.8 Å². The SMILES string of the molecule is CC[C@H](C)NC(=O)[C@@H](Cc1ccccc1)N(Cc1ccc(Cl)c(Cl)c1)C(=O)CSCc1ccc(C)cc1. The summed E-state index contributed by atoms with van der Waals surface area (Å²) in [6.07, 6.45) is 1.22. The number of amides is 2. The summed E-state index contributed by atoms with van der Waals surface area (Å²) < 4.78 is 0. The topological polar surface area (TPSA) is 49.4 Å². The van der Waals surface area contributed by atoms with E-state index in [4.69, 9.17) is 23.2 Å². The lowest BCUT2D eigenvalue weighted by molar-refractivity contribution is -0.139. The van der Waals surface area contributed by atoms with Gasteiger partial charge >= 0.3 is 0 Å². The van der Waals surface area contributed by atoms with Gasteiger partial charge in [-0.05, 0) is 49.1 Å². The van der Waals surface area contributed by atoms with Crippen molar-refractivity contribution in [2.24, 2.45) is 0 Å². The van der Waals surface area contributed by atoms with Crippen LogP contribution in [0.4, 0.5) is 0 Å². The van der Waals surface area contributed by atoms with E-state index >= 15 is 0 Å². The molecule has 0 aromatic heterocycles. The van der Waals surface area contributed by atoms with Crippen molar-refractivity contribution in [1.29, 1.82) is 0 Å². The first-order valence-corrected chi connectivity index (χ1v) is 14.4. The highest BCUT2D eigenvalue weighted by molar-refractivity contribution is 7.99. The minimum absolute atomic E-state index is 0.00335. The number of carbonyl (C=O) groups excluding carboxylic acids is 2. The van der Waals surface area contributed by atoms with Gasteiger partial charge in [0.1, 0.15) is 6.04 Å². The van der Waals surface area contributed by atoms with E-state index in [1.54, 1.807) is 28.8 Å². The van der Waals surface area contributed by atoms with Crippen LogP contribution in [0.25, 0.3) is 0 Å². The van der Waals surface area contributed by atoms with Crippen LogP contribution in [0.15, 0.2) is 72.8 Å². The van der Waals surface area contributed by atoms with Crippen molar-refractivity contribution in [2.75, 3.05) is 5.75 Å². The van der Waals surface area contributed by atoms with Crippen LogP contribution in [0.1, 0.15) is 42.5 Å². The Bertz CT molecular complexity index is 1170. The Labute approximate surface area is 234 Å². The van der Waals surface area contributed by atoms with Crippen molar-refractivity contribution in [1.82, 2.24) is 10.2 Å². The lowest BCUT2D eigenvalue weighted by atomic mass is 10.0. The third kappa shape index (κ3) is 9.10. The van der Waals surface area contributed by atoms with Gasteiger partial charge in [0.2, 0.25) is 11.8 Å². The maximum Gasteiger partial charge on any atom is 0.243 e. The van der Waals surface area contributed by atoms with E-state index in [0.717, 1.165) is 28.9 Å². The molecular formula is C30H34Cl2N2O2S. The second-order valence-electron chi connectivity index (χ2n) is 9.27. The molecule has 2 atom stereocenters. The average Bonchev–Trinajstić information content (AvgIpc) is 2.89. The molecule has 0 bridgehead atoms. The molecule has 3 aromatic carbocycles. The lowest BCUT2D eigenvalue weighted by Crippen LogP contribution is -2.52. The molecule has 7 heteroatoms. The molecule has 0 heterocycles. The largest absolute Gasteiger partial charge is 0.352 e. The lowest BCUT2D eigenvalue weighted by Gasteiger charge is -2.32. The van der Waals surface area contributed by atoms with Crippen LogP contribution < -0.4 is 5.32 Å². The molecule has 0 radical (unpaired) electrons. The molecule has 0 unspecified atom stereocenters. The fourth-order valence-corrected chi connectivity index (χ4v) is 5.04. The fraction of sp³-hybridized carbons (Fsp3) is 0.333. The number of aryl methyl sites for hydroxylation is 1. The third-order valence-corrected chi connectivity index (χ3v) is 7.95. The van der Waals surface area contributed by atoms with Crippen molar-refractivity contribution in [3.05, 3.63) is 105 Å². The zero-order chi connectivity index (χ0) is 26.8. The number of hydrogen-bond acceptors (Lipinski definition) is 3. The first kappa shape index (κ1) is 29.1. The van der Waals surface area contributed by atoms with E-state index < -0.39 is 6.04 Å². The highest BCUT2D eigenvalue weighted by Crippen LogP contribution is 2.25. The van der Waals surface area contributed by atoms with Gasteiger partial charge in [0, 0.05) is 24.8 Å². The van der Waals surface area contributed by atoms with Crippen LogP contribution in [-0.4, -0.2) is 34.6 Å². The molecule has 4 nitrogen and oxygen atoms in total. The normalized spacial score (nSPS) is 12.6. The van der Waals surface area contributed by atoms with Gasteiger partial charge < -0.3 is 10.2 Å². The zero-order valence-corrected chi connectivity index (χ0v) is 23.9. The minimum Gasteiger partial charge on any atom is -0.352 e. The van der Waals surface area contributed by atoms with Gasteiger partial charge in [0.15, 0.2) is 0 Å². The van der Waals surface area contributed by atoms with E-state index in [0.29, 0.717) is 16.5 Å². The van der Waals surface area contributed by atoms with Crippen LogP contribution >= 0.6 is 35.0 Å². The molecule has 37 heavy (non-hydrogen) atoms. The zero-order valence-electron chi connectivity index (χ0n) is 21.5. The predicted molar refractivity (Wildman–Crippen MR) is 156 cm³/mol. The van der Waals surface area contributed by atoms with E-state index in [1.807, 2.05) is 50.2 Å². The maximum atomic E-state index is 13.7. The number of rotatable bonds is 12. The number of benzene rings is 3. The van der Waals surface area contributed by atoms with E-state index in [2.05, 4.69) is 36.5 Å². The number of hydrogen-bond donors (Lipinski definition) is 1. The summed E-state index contributed by atoms with van der Waals surface area (Å²) in [7, 11) is 0. The van der Waals surface area contributed by atoms with E-state index in [1.165, 1.54) is 5.56 Å². The number of nitrogens with zero attached hydrogens (tertiary/aromatic N) is 1. The standard InChI is InChI=1S/C30H34Cl2N2O2S/c1-4-22(3)33-30(36)28(17-23-8-6-5-7-9-23)34(18-25-14-15-26(31)27(32)16-25)29(35)20-37-19-24-12-10-21(2)11-13-24/h5-16,22,28H,4,17-20H2,1-3H3,(H,33,36)/t22-,28+/m0/s1. The fourth-order valence-electron chi connectivity index (χ4n) is 3.85. The van der Waals surface area contributed by atoms with Gasteiger partial charge in [0.25, 0.3) is 0 Å². The second kappa shape index (κ2) is 14.5. The summed E-state index contributed by atoms with van der Waals surface area (Å²) in [4.78, 5) is 28.9. The van der Waals surface area contributed by atoms with Crippen molar-refractivity contribution >= 4 is 46.8 Å². The third-order valence-electron chi connectivity index (χ3n) is 6.22. The summed E-state index contributed by atoms with van der Waals surface area (Å²) in [6, 6.07) is 22.8. The van der Waals surface area contributed by atoms with Crippen molar-refractivity contribution < 1.29 is 9.59 Å². The first-order valence-electron chi connectivity index (χ1n) is 12.5. The average molecular weight is 558 g/mol. The van der Waals surface area contributed by atoms with Gasteiger partial charge in [-0.2, -0.15) is 0 Å². The molecule has 3 rings (SSSR count). The van der Waals surface area contributed by atoms with Crippen molar-refractivity contribution in [3.63, 3.8) is 0 Å². The first-order chi connectivity index (χ1) is 17.8. The molecule has 0 saturated heterocycles. The summed E-state index contributed by atoms with van der Waals surface area (Å²) in [5, 5.41) is 3.96. The van der Waals surface area contributed by atoms with E-state index in [-0.39, 0.29) is 30.2 Å². The molecular weight excluding hydrogens is 523 g/mol. The molecule has 2 amide bonds. The second-order valence-corrected chi connectivity index (χ2v) is 11.1. The van der Waals surface area contributed by atoms with Gasteiger partial charge in [-0.25, -0.2) is 0 Å². The Morgan fingerprint density at radius 3 is 2.24 bits per heavy atom. The molecule has 0 aliphatic carbocycles. The van der Waals surface area contributed by atoms with Gasteiger partial charge in [-0.1, -0.05) is 96.4 Å². The molecule has 0 aliphatic rings. The Morgan fingerprint density at radius 1 is 0.919 bits per heavy atom. The molecule has 196 valence electrons. The molecule has 3 aromatic rings.